The fourth-order valence-electron chi connectivity index (χ4n) is 2.59. The zero-order chi connectivity index (χ0) is 20.1. The van der Waals surface area contributed by atoms with Gasteiger partial charge in [-0.3, -0.25) is 9.36 Å². The molecule has 0 aliphatic carbocycles. The van der Waals surface area contributed by atoms with E-state index in [-0.39, 0.29) is 13.1 Å². The summed E-state index contributed by atoms with van der Waals surface area (Å²) >= 11 is 5.91. The van der Waals surface area contributed by atoms with Gasteiger partial charge in [-0.2, -0.15) is 4.68 Å². The minimum Gasteiger partial charge on any atom is -0.394 e. The number of nitrogens with one attached hydrogen (secondary N) is 1. The first kappa shape index (κ1) is 19.8. The van der Waals surface area contributed by atoms with Crippen molar-refractivity contribution in [1.29, 1.82) is 0 Å². The van der Waals surface area contributed by atoms with Gasteiger partial charge in [0.2, 0.25) is 5.91 Å². The Hall–Kier alpha value is -2.94. The molecule has 9 heteroatoms. The summed E-state index contributed by atoms with van der Waals surface area (Å²) in [6, 6.07) is 15.6. The van der Waals surface area contributed by atoms with Crippen LogP contribution in [0, 0.1) is 0 Å². The van der Waals surface area contributed by atoms with Crippen LogP contribution in [0.25, 0.3) is 17.1 Å². The van der Waals surface area contributed by atoms with Crippen LogP contribution in [0.5, 0.6) is 0 Å². The molecule has 1 aromatic heterocycles. The van der Waals surface area contributed by atoms with Crippen molar-refractivity contribution >= 4 is 17.5 Å². The fourth-order valence-corrected chi connectivity index (χ4v) is 2.71. The van der Waals surface area contributed by atoms with Crippen molar-refractivity contribution in [2.24, 2.45) is 0 Å². The number of aromatic nitrogens is 3. The molecule has 2 aromatic carbocycles. The van der Waals surface area contributed by atoms with E-state index in [2.05, 4.69) is 10.4 Å². The van der Waals surface area contributed by atoms with Crippen molar-refractivity contribution < 1.29 is 15.0 Å². The maximum absolute atomic E-state index is 12.9. The molecule has 1 amide bonds. The SMILES string of the molecule is O=C(Cn1c(-c2ccccc2)nn(-c2ccc(Cl)cc2)c1=O)NC[C@H](O)CO. The van der Waals surface area contributed by atoms with E-state index in [9.17, 15) is 14.7 Å². The maximum atomic E-state index is 12.9. The normalized spacial score (nSPS) is 12.0. The Bertz CT molecular complexity index is 999. The second kappa shape index (κ2) is 8.83. The third-order valence-corrected chi connectivity index (χ3v) is 4.26. The summed E-state index contributed by atoms with van der Waals surface area (Å²) < 4.78 is 2.46. The Kier molecular flexibility index (Phi) is 6.25. The van der Waals surface area contributed by atoms with Gasteiger partial charge in [-0.1, -0.05) is 41.9 Å². The Morgan fingerprint density at radius 1 is 1.14 bits per heavy atom. The van der Waals surface area contributed by atoms with E-state index in [1.165, 1.54) is 9.25 Å². The maximum Gasteiger partial charge on any atom is 0.351 e. The van der Waals surface area contributed by atoms with Gasteiger partial charge >= 0.3 is 5.69 Å². The lowest BCUT2D eigenvalue weighted by molar-refractivity contribution is -0.122. The molecular weight excluding hydrogens is 384 g/mol. The molecule has 8 nitrogen and oxygen atoms in total. The average molecular weight is 403 g/mol. The molecule has 0 aliphatic heterocycles. The molecule has 0 radical (unpaired) electrons. The summed E-state index contributed by atoms with van der Waals surface area (Å²) in [5, 5.41) is 25.6. The molecule has 28 heavy (non-hydrogen) atoms. The van der Waals surface area contributed by atoms with Gasteiger partial charge in [-0.05, 0) is 24.3 Å². The molecular formula is C19H19ClN4O4. The molecule has 0 bridgehead atoms. The van der Waals surface area contributed by atoms with Crippen molar-refractivity contribution in [3.63, 3.8) is 0 Å². The Morgan fingerprint density at radius 3 is 2.46 bits per heavy atom. The van der Waals surface area contributed by atoms with Gasteiger partial charge in [-0.15, -0.1) is 5.10 Å². The lowest BCUT2D eigenvalue weighted by Crippen LogP contribution is -2.38. The minimum absolute atomic E-state index is 0.115. The van der Waals surface area contributed by atoms with E-state index >= 15 is 0 Å². The molecule has 0 saturated heterocycles. The molecule has 1 heterocycles. The van der Waals surface area contributed by atoms with Gasteiger partial charge < -0.3 is 15.5 Å². The van der Waals surface area contributed by atoms with Gasteiger partial charge in [0.15, 0.2) is 5.82 Å². The number of rotatable bonds is 7. The highest BCUT2D eigenvalue weighted by Crippen LogP contribution is 2.17. The second-order valence-electron chi connectivity index (χ2n) is 6.09. The predicted octanol–water partition coefficient (Wildman–Crippen LogP) is 0.824. The molecule has 3 rings (SSSR count). The van der Waals surface area contributed by atoms with E-state index in [0.29, 0.717) is 22.1 Å². The molecule has 0 aliphatic rings. The molecule has 0 saturated carbocycles. The van der Waals surface area contributed by atoms with E-state index < -0.39 is 24.3 Å². The molecule has 3 N–H and O–H groups in total. The number of aliphatic hydroxyl groups excluding tert-OH is 2. The average Bonchev–Trinajstić information content (AvgIpc) is 3.03. The number of hydrogen-bond acceptors (Lipinski definition) is 5. The van der Waals surface area contributed by atoms with E-state index in [1.54, 1.807) is 36.4 Å². The highest BCUT2D eigenvalue weighted by Gasteiger charge is 2.18. The lowest BCUT2D eigenvalue weighted by atomic mass is 10.2. The first-order chi connectivity index (χ1) is 13.5. The number of hydrogen-bond donors (Lipinski definition) is 3. The molecule has 0 unspecified atom stereocenters. The summed E-state index contributed by atoms with van der Waals surface area (Å²) in [6.45, 7) is -0.866. The van der Waals surface area contributed by atoms with E-state index in [1.807, 2.05) is 18.2 Å². The van der Waals surface area contributed by atoms with Crippen LogP contribution >= 0.6 is 11.6 Å². The van der Waals surface area contributed by atoms with Gasteiger partial charge in [-0.25, -0.2) is 4.79 Å². The second-order valence-corrected chi connectivity index (χ2v) is 6.52. The van der Waals surface area contributed by atoms with Crippen LogP contribution in [0.2, 0.25) is 5.02 Å². The van der Waals surface area contributed by atoms with Crippen molar-refractivity contribution in [1.82, 2.24) is 19.7 Å². The summed E-state index contributed by atoms with van der Waals surface area (Å²) in [4.78, 5) is 25.2. The van der Waals surface area contributed by atoms with Crippen LogP contribution in [0.3, 0.4) is 0 Å². The zero-order valence-electron chi connectivity index (χ0n) is 14.8. The van der Waals surface area contributed by atoms with Gasteiger partial charge in [0, 0.05) is 17.1 Å². The van der Waals surface area contributed by atoms with Crippen LogP contribution in [-0.4, -0.2) is 49.7 Å². The summed E-state index contributed by atoms with van der Waals surface area (Å²) in [5.41, 5.74) is 0.705. The van der Waals surface area contributed by atoms with Crippen molar-refractivity contribution in [2.75, 3.05) is 13.2 Å². The van der Waals surface area contributed by atoms with Gasteiger partial charge in [0.25, 0.3) is 0 Å². The van der Waals surface area contributed by atoms with E-state index in [0.717, 1.165) is 0 Å². The Labute approximate surface area is 165 Å². The predicted molar refractivity (Wildman–Crippen MR) is 104 cm³/mol. The topological polar surface area (TPSA) is 109 Å². The van der Waals surface area contributed by atoms with Gasteiger partial charge in [0.1, 0.15) is 6.54 Å². The smallest absolute Gasteiger partial charge is 0.351 e. The van der Waals surface area contributed by atoms with Crippen LogP contribution in [-0.2, 0) is 11.3 Å². The summed E-state index contributed by atoms with van der Waals surface area (Å²) in [5.74, 6) is -0.152. The van der Waals surface area contributed by atoms with Crippen LogP contribution in [0.4, 0.5) is 0 Å². The standard InChI is InChI=1S/C19H19ClN4O4/c20-14-6-8-15(9-7-14)24-19(28)23(11-17(27)21-10-16(26)12-25)18(22-24)13-4-2-1-3-5-13/h1-9,16,25-26H,10-12H2,(H,21,27)/t16-/m0/s1. The highest BCUT2D eigenvalue weighted by molar-refractivity contribution is 6.30. The van der Waals surface area contributed by atoms with Crippen molar-refractivity contribution in [3.8, 4) is 17.1 Å². The number of aliphatic hydroxyl groups is 2. The van der Waals surface area contributed by atoms with Crippen LogP contribution in [0.15, 0.2) is 59.4 Å². The van der Waals surface area contributed by atoms with Crippen molar-refractivity contribution in [3.05, 3.63) is 70.1 Å². The Balaban J connectivity index is 1.98. The van der Waals surface area contributed by atoms with Crippen LogP contribution < -0.4 is 11.0 Å². The number of halogens is 1. The number of benzene rings is 2. The monoisotopic (exact) mass is 402 g/mol. The van der Waals surface area contributed by atoms with E-state index in [4.69, 9.17) is 16.7 Å². The fraction of sp³-hybridized carbons (Fsp3) is 0.211. The minimum atomic E-state index is -1.06. The first-order valence-electron chi connectivity index (χ1n) is 8.56. The molecule has 1 atom stereocenters. The summed E-state index contributed by atoms with van der Waals surface area (Å²) in [6.07, 6.45) is -1.06. The number of amides is 1. The molecule has 3 aromatic rings. The van der Waals surface area contributed by atoms with Crippen LogP contribution in [0.1, 0.15) is 0 Å². The lowest BCUT2D eigenvalue weighted by Gasteiger charge is -2.10. The molecule has 0 spiro atoms. The largest absolute Gasteiger partial charge is 0.394 e. The number of carbonyl (C=O) groups is 1. The Morgan fingerprint density at radius 2 is 1.82 bits per heavy atom. The summed E-state index contributed by atoms with van der Waals surface area (Å²) in [7, 11) is 0. The first-order valence-corrected chi connectivity index (χ1v) is 8.94. The third-order valence-electron chi connectivity index (χ3n) is 4.01. The molecule has 0 fully saturated rings. The number of carbonyl (C=O) groups excluding carboxylic acids is 1. The number of nitrogens with zero attached hydrogens (tertiary/aromatic N) is 3. The zero-order valence-corrected chi connectivity index (χ0v) is 15.6. The molecule has 146 valence electrons. The third kappa shape index (κ3) is 4.48. The highest BCUT2D eigenvalue weighted by atomic mass is 35.5. The quantitative estimate of drug-likeness (QED) is 0.542. The van der Waals surface area contributed by atoms with Crippen molar-refractivity contribution in [2.45, 2.75) is 12.6 Å². The van der Waals surface area contributed by atoms with Gasteiger partial charge in [0.05, 0.1) is 18.4 Å².